The summed E-state index contributed by atoms with van der Waals surface area (Å²) in [5.74, 6) is 0.447. The van der Waals surface area contributed by atoms with E-state index in [-0.39, 0.29) is 28.2 Å². The summed E-state index contributed by atoms with van der Waals surface area (Å²) in [4.78, 5) is 26.1. The van der Waals surface area contributed by atoms with Crippen LogP contribution in [0.4, 0.5) is 0 Å². The van der Waals surface area contributed by atoms with Gasteiger partial charge in [0.25, 0.3) is 0 Å². The number of benzene rings is 4. The molecule has 0 fully saturated rings. The number of carbonyl (C=O) groups is 2. The lowest BCUT2D eigenvalue weighted by Crippen LogP contribution is -2.27. The molecule has 0 aromatic heterocycles. The van der Waals surface area contributed by atoms with Crippen LogP contribution in [0.15, 0.2) is 84.9 Å². The van der Waals surface area contributed by atoms with Crippen molar-refractivity contribution in [1.82, 2.24) is 0 Å². The Morgan fingerprint density at radius 1 is 0.561 bits per heavy atom. The summed E-state index contributed by atoms with van der Waals surface area (Å²) in [7, 11) is 0. The van der Waals surface area contributed by atoms with E-state index in [4.69, 9.17) is 9.47 Å². The molecule has 2 aliphatic carbocycles. The number of ether oxygens (including phenoxy) is 2. The van der Waals surface area contributed by atoms with E-state index in [1.54, 1.807) is 24.3 Å². The second kappa shape index (κ2) is 9.44. The third-order valence-electron chi connectivity index (χ3n) is 9.03. The molecule has 0 atom stereocenters. The maximum atomic E-state index is 13.0. The first-order valence-electron chi connectivity index (χ1n) is 14.3. The molecule has 2 aliphatic rings. The highest BCUT2D eigenvalue weighted by molar-refractivity contribution is 5.92. The van der Waals surface area contributed by atoms with Gasteiger partial charge in [-0.1, -0.05) is 76.2 Å². The van der Waals surface area contributed by atoms with Crippen molar-refractivity contribution in [1.29, 1.82) is 0 Å². The van der Waals surface area contributed by atoms with Crippen molar-refractivity contribution < 1.29 is 19.1 Å². The maximum absolute atomic E-state index is 13.0. The van der Waals surface area contributed by atoms with Crippen molar-refractivity contribution >= 4 is 11.9 Å². The fraction of sp³-hybridized carbons (Fsp3) is 0.297. The van der Waals surface area contributed by atoms with Crippen molar-refractivity contribution in [2.75, 3.05) is 0 Å². The molecule has 0 radical (unpaired) electrons. The van der Waals surface area contributed by atoms with Gasteiger partial charge in [-0.2, -0.15) is 0 Å². The van der Waals surface area contributed by atoms with Crippen molar-refractivity contribution in [3.63, 3.8) is 0 Å². The number of esters is 2. The standard InChI is InChI=1S/C37H36O4/c1-23-17-27-29(19-31(23)40-33(38)25-13-9-7-10-14-25)37(21-35(27,3)4)22-36(5,6)28-18-24(2)32(20-30(28)37)41-34(39)26-15-11-8-12-16-26/h7-20H,21-22H2,1-6H3. The molecule has 0 saturated heterocycles. The Bertz CT molecular complexity index is 1550. The predicted molar refractivity (Wildman–Crippen MR) is 161 cm³/mol. The lowest BCUT2D eigenvalue weighted by molar-refractivity contribution is 0.0724. The summed E-state index contributed by atoms with van der Waals surface area (Å²) in [6, 6.07) is 26.8. The fourth-order valence-corrected chi connectivity index (χ4v) is 7.26. The van der Waals surface area contributed by atoms with Crippen LogP contribution in [0.1, 0.15) is 94.6 Å². The van der Waals surface area contributed by atoms with Gasteiger partial charge in [-0.15, -0.1) is 0 Å². The van der Waals surface area contributed by atoms with Crippen LogP contribution >= 0.6 is 0 Å². The molecule has 0 amide bonds. The molecule has 208 valence electrons. The van der Waals surface area contributed by atoms with Gasteiger partial charge in [-0.05, 0) is 107 Å². The van der Waals surface area contributed by atoms with Crippen molar-refractivity contribution in [2.24, 2.45) is 0 Å². The minimum atomic E-state index is -0.363. The van der Waals surface area contributed by atoms with E-state index >= 15 is 0 Å². The second-order valence-electron chi connectivity index (χ2n) is 13.0. The first-order chi connectivity index (χ1) is 19.4. The molecule has 0 aliphatic heterocycles. The van der Waals surface area contributed by atoms with Crippen LogP contribution in [0.3, 0.4) is 0 Å². The van der Waals surface area contributed by atoms with Gasteiger partial charge in [0.05, 0.1) is 11.1 Å². The van der Waals surface area contributed by atoms with Gasteiger partial charge >= 0.3 is 11.9 Å². The zero-order chi connectivity index (χ0) is 29.2. The van der Waals surface area contributed by atoms with Crippen LogP contribution in [0, 0.1) is 13.8 Å². The van der Waals surface area contributed by atoms with E-state index in [1.807, 2.05) is 50.2 Å². The summed E-state index contributed by atoms with van der Waals surface area (Å²) in [6.45, 7) is 13.2. The Hall–Kier alpha value is -4.18. The van der Waals surface area contributed by atoms with Crippen molar-refractivity contribution in [3.8, 4) is 11.5 Å². The molecule has 4 aromatic rings. The molecular weight excluding hydrogens is 508 g/mol. The van der Waals surface area contributed by atoms with Crippen LogP contribution < -0.4 is 9.47 Å². The van der Waals surface area contributed by atoms with E-state index < -0.39 is 0 Å². The minimum Gasteiger partial charge on any atom is -0.423 e. The molecule has 1 spiro atoms. The smallest absolute Gasteiger partial charge is 0.343 e. The Kier molecular flexibility index (Phi) is 6.22. The van der Waals surface area contributed by atoms with E-state index in [0.29, 0.717) is 22.6 Å². The molecule has 4 nitrogen and oxygen atoms in total. The van der Waals surface area contributed by atoms with Crippen molar-refractivity contribution in [2.45, 2.75) is 70.6 Å². The number of rotatable bonds is 4. The van der Waals surface area contributed by atoms with Gasteiger partial charge in [-0.25, -0.2) is 9.59 Å². The number of fused-ring (bicyclic) bond motifs is 4. The Labute approximate surface area is 242 Å². The topological polar surface area (TPSA) is 52.6 Å². The highest BCUT2D eigenvalue weighted by Gasteiger charge is 2.56. The molecule has 0 heterocycles. The summed E-state index contributed by atoms with van der Waals surface area (Å²) >= 11 is 0. The molecule has 41 heavy (non-hydrogen) atoms. The van der Waals surface area contributed by atoms with Gasteiger partial charge in [0, 0.05) is 5.41 Å². The summed E-state index contributed by atoms with van der Waals surface area (Å²) in [6.07, 6.45) is 1.83. The van der Waals surface area contributed by atoms with Gasteiger partial charge in [0.2, 0.25) is 0 Å². The van der Waals surface area contributed by atoms with E-state index in [2.05, 4.69) is 52.0 Å². The van der Waals surface area contributed by atoms with Crippen LogP contribution in [-0.4, -0.2) is 11.9 Å². The predicted octanol–water partition coefficient (Wildman–Crippen LogP) is 8.39. The Morgan fingerprint density at radius 3 is 1.29 bits per heavy atom. The number of hydrogen-bond donors (Lipinski definition) is 0. The molecule has 4 heteroatoms. The van der Waals surface area contributed by atoms with Gasteiger partial charge < -0.3 is 9.47 Å². The Balaban J connectivity index is 1.47. The monoisotopic (exact) mass is 544 g/mol. The van der Waals surface area contributed by atoms with Crippen LogP contribution in [-0.2, 0) is 16.2 Å². The molecule has 0 saturated carbocycles. The zero-order valence-electron chi connectivity index (χ0n) is 24.6. The SMILES string of the molecule is Cc1cc2c(cc1OC(=O)c1ccccc1)C1(CC2(C)C)CC(C)(C)c2cc(C)c(OC(=O)c3ccccc3)cc21. The lowest BCUT2D eigenvalue weighted by Gasteiger charge is -2.31. The van der Waals surface area contributed by atoms with Crippen LogP contribution in [0.25, 0.3) is 0 Å². The van der Waals surface area contributed by atoms with E-state index in [1.165, 1.54) is 22.3 Å². The molecular formula is C37H36O4. The molecule has 0 unspecified atom stereocenters. The maximum Gasteiger partial charge on any atom is 0.343 e. The summed E-state index contributed by atoms with van der Waals surface area (Å²) < 4.78 is 12.0. The molecule has 6 rings (SSSR count). The normalized spacial score (nSPS) is 17.1. The largest absolute Gasteiger partial charge is 0.423 e. The highest BCUT2D eigenvalue weighted by atomic mass is 16.5. The van der Waals surface area contributed by atoms with Crippen molar-refractivity contribution in [3.05, 3.63) is 129 Å². The minimum absolute atomic E-state index is 0.0917. The zero-order valence-corrected chi connectivity index (χ0v) is 24.6. The number of aryl methyl sites for hydroxylation is 2. The average Bonchev–Trinajstić information content (AvgIpc) is 3.28. The molecule has 0 N–H and O–H groups in total. The fourth-order valence-electron chi connectivity index (χ4n) is 7.26. The first-order valence-corrected chi connectivity index (χ1v) is 14.3. The summed E-state index contributed by atoms with van der Waals surface area (Å²) in [5.41, 5.74) is 7.39. The second-order valence-corrected chi connectivity index (χ2v) is 13.0. The number of carbonyl (C=O) groups excluding carboxylic acids is 2. The van der Waals surface area contributed by atoms with Crippen LogP contribution in [0.5, 0.6) is 11.5 Å². The lowest BCUT2D eigenvalue weighted by atomic mass is 9.72. The van der Waals surface area contributed by atoms with Gasteiger partial charge in [0.15, 0.2) is 0 Å². The first kappa shape index (κ1) is 27.0. The third-order valence-corrected chi connectivity index (χ3v) is 9.03. The van der Waals surface area contributed by atoms with Crippen LogP contribution in [0.2, 0.25) is 0 Å². The average molecular weight is 545 g/mol. The molecule has 0 bridgehead atoms. The Morgan fingerprint density at radius 2 is 0.927 bits per heavy atom. The quantitative estimate of drug-likeness (QED) is 0.191. The highest BCUT2D eigenvalue weighted by Crippen LogP contribution is 2.64. The van der Waals surface area contributed by atoms with E-state index in [9.17, 15) is 9.59 Å². The van der Waals surface area contributed by atoms with Gasteiger partial charge in [-0.3, -0.25) is 0 Å². The van der Waals surface area contributed by atoms with Gasteiger partial charge in [0.1, 0.15) is 11.5 Å². The summed E-state index contributed by atoms with van der Waals surface area (Å²) in [5, 5.41) is 0. The van der Waals surface area contributed by atoms with E-state index in [0.717, 1.165) is 24.0 Å². The third kappa shape index (κ3) is 4.46. The molecule has 4 aromatic carbocycles. The number of hydrogen-bond acceptors (Lipinski definition) is 4.